The van der Waals surface area contributed by atoms with E-state index < -0.39 is 0 Å². The average Bonchev–Trinajstić information content (AvgIpc) is 3.13. The average molecular weight is 605 g/mol. The van der Waals surface area contributed by atoms with Crippen LogP contribution in [-0.2, 0) is 13.2 Å². The van der Waals surface area contributed by atoms with Gasteiger partial charge in [0.25, 0.3) is 0 Å². The maximum atomic E-state index is 6.59. The summed E-state index contributed by atoms with van der Waals surface area (Å²) < 4.78 is 25.4. The first-order chi connectivity index (χ1) is 22.8. The minimum absolute atomic E-state index is 0.335. The molecule has 0 radical (unpaired) electrons. The Morgan fingerprint density at radius 1 is 0.413 bits per heavy atom. The molecule has 0 N–H and O–H groups in total. The molecule has 0 heterocycles. The van der Waals surface area contributed by atoms with Crippen LogP contribution < -0.4 is 18.9 Å². The van der Waals surface area contributed by atoms with E-state index in [4.69, 9.17) is 18.9 Å². The number of benzene rings is 6. The van der Waals surface area contributed by atoms with Gasteiger partial charge in [-0.25, -0.2) is 0 Å². The Morgan fingerprint density at radius 2 is 0.804 bits per heavy atom. The van der Waals surface area contributed by atoms with E-state index in [0.29, 0.717) is 36.2 Å². The van der Waals surface area contributed by atoms with Crippen molar-refractivity contribution in [2.75, 3.05) is 14.2 Å². The summed E-state index contributed by atoms with van der Waals surface area (Å²) in [4.78, 5) is 0. The molecular formula is C42H36O4. The smallest absolute Gasteiger partial charge is 0.207 e. The molecule has 6 rings (SSSR count). The molecule has 228 valence electrons. The molecule has 6 aromatic rings. The van der Waals surface area contributed by atoms with Crippen molar-refractivity contribution in [1.82, 2.24) is 0 Å². The molecule has 0 spiro atoms. The fourth-order valence-corrected chi connectivity index (χ4v) is 5.59. The van der Waals surface area contributed by atoms with Gasteiger partial charge < -0.3 is 18.9 Å². The molecule has 46 heavy (non-hydrogen) atoms. The second-order valence-corrected chi connectivity index (χ2v) is 10.7. The van der Waals surface area contributed by atoms with Crippen molar-refractivity contribution >= 4 is 11.1 Å². The summed E-state index contributed by atoms with van der Waals surface area (Å²) in [6, 6.07) is 53.4. The lowest BCUT2D eigenvalue weighted by atomic mass is 9.85. The number of hydrogen-bond acceptors (Lipinski definition) is 4. The number of methoxy groups -OCH3 is 2. The van der Waals surface area contributed by atoms with E-state index in [9.17, 15) is 0 Å². The summed E-state index contributed by atoms with van der Waals surface area (Å²) in [6.45, 7) is 0.689. The summed E-state index contributed by atoms with van der Waals surface area (Å²) >= 11 is 0. The minimum Gasteiger partial charge on any atom is -0.492 e. The van der Waals surface area contributed by atoms with Crippen LogP contribution in [0.5, 0.6) is 23.0 Å². The van der Waals surface area contributed by atoms with Gasteiger partial charge in [-0.05, 0) is 39.5 Å². The topological polar surface area (TPSA) is 36.9 Å². The first-order valence-electron chi connectivity index (χ1n) is 15.3. The van der Waals surface area contributed by atoms with Gasteiger partial charge in [0, 0.05) is 11.1 Å². The molecule has 4 heteroatoms. The van der Waals surface area contributed by atoms with E-state index in [1.165, 1.54) is 0 Å². The Bertz CT molecular complexity index is 1830. The number of rotatable bonds is 12. The van der Waals surface area contributed by atoms with Gasteiger partial charge in [0.05, 0.1) is 14.2 Å². The molecule has 0 saturated carbocycles. The molecule has 0 atom stereocenters. The van der Waals surface area contributed by atoms with Gasteiger partial charge in [-0.2, -0.15) is 0 Å². The van der Waals surface area contributed by atoms with Crippen LogP contribution in [-0.4, -0.2) is 14.2 Å². The molecule has 0 bridgehead atoms. The van der Waals surface area contributed by atoms with Crippen molar-refractivity contribution in [3.63, 3.8) is 0 Å². The maximum absolute atomic E-state index is 6.59. The normalized spacial score (nSPS) is 10.6. The first-order valence-corrected chi connectivity index (χ1v) is 15.3. The largest absolute Gasteiger partial charge is 0.492 e. The zero-order chi connectivity index (χ0) is 31.6. The van der Waals surface area contributed by atoms with E-state index >= 15 is 0 Å². The Hall–Kier alpha value is -5.74. The fraction of sp³-hybridized carbons (Fsp3) is 0.0952. The standard InChI is InChI=1S/C42H36O4/c1-43-40-36(39(35-26-16-7-17-27-35)38(33-22-12-5-13-23-33)34-24-14-6-15-25-34)28-37(45-29-31-18-8-3-9-19-31)41(42(40)44-2)46-30-32-20-10-4-11-21-32/h3-28H,29-30H2,1-2H3. The lowest BCUT2D eigenvalue weighted by molar-refractivity contribution is 0.239. The molecule has 0 aliphatic heterocycles. The van der Waals surface area contributed by atoms with E-state index in [2.05, 4.69) is 72.8 Å². The Balaban J connectivity index is 1.63. The summed E-state index contributed by atoms with van der Waals surface area (Å²) in [5.74, 6) is 2.06. The highest BCUT2D eigenvalue weighted by Crippen LogP contribution is 2.52. The van der Waals surface area contributed by atoms with Crippen molar-refractivity contribution in [2.45, 2.75) is 13.2 Å². The molecule has 4 nitrogen and oxygen atoms in total. The number of ether oxygens (including phenoxy) is 4. The van der Waals surface area contributed by atoms with E-state index in [-0.39, 0.29) is 0 Å². The van der Waals surface area contributed by atoms with Crippen LogP contribution in [0.4, 0.5) is 0 Å². The second kappa shape index (κ2) is 14.8. The molecule has 0 fully saturated rings. The highest BCUT2D eigenvalue weighted by molar-refractivity contribution is 6.06. The van der Waals surface area contributed by atoms with Crippen molar-refractivity contribution in [3.8, 4) is 23.0 Å². The third kappa shape index (κ3) is 6.82. The molecule has 0 aliphatic rings. The van der Waals surface area contributed by atoms with Crippen LogP contribution in [0.15, 0.2) is 158 Å². The Labute approximate surface area is 271 Å². The van der Waals surface area contributed by atoms with Gasteiger partial charge in [0.1, 0.15) is 13.2 Å². The Kier molecular flexibility index (Phi) is 9.76. The zero-order valence-electron chi connectivity index (χ0n) is 26.1. The highest BCUT2D eigenvalue weighted by Gasteiger charge is 2.27. The lowest BCUT2D eigenvalue weighted by Gasteiger charge is -2.24. The van der Waals surface area contributed by atoms with Crippen LogP contribution in [0.25, 0.3) is 11.1 Å². The van der Waals surface area contributed by atoms with Gasteiger partial charge in [0.15, 0.2) is 11.5 Å². The first kappa shape index (κ1) is 30.3. The SMILES string of the molecule is COc1c(C(=C(c2ccccc2)c2ccccc2)c2ccccc2)cc(OCc2ccccc2)c(OCc2ccccc2)c1OC. The lowest BCUT2D eigenvalue weighted by Crippen LogP contribution is -2.07. The van der Waals surface area contributed by atoms with Crippen molar-refractivity contribution in [2.24, 2.45) is 0 Å². The van der Waals surface area contributed by atoms with Gasteiger partial charge >= 0.3 is 0 Å². The molecule has 6 aromatic carbocycles. The molecule has 0 aromatic heterocycles. The summed E-state index contributed by atoms with van der Waals surface area (Å²) in [6.07, 6.45) is 0. The third-order valence-corrected chi connectivity index (χ3v) is 7.73. The molecular weight excluding hydrogens is 568 g/mol. The predicted molar refractivity (Wildman–Crippen MR) is 185 cm³/mol. The van der Waals surface area contributed by atoms with Crippen molar-refractivity contribution in [3.05, 3.63) is 191 Å². The quantitative estimate of drug-likeness (QED) is 0.130. The predicted octanol–water partition coefficient (Wildman–Crippen LogP) is 9.87. The molecule has 0 unspecified atom stereocenters. The van der Waals surface area contributed by atoms with E-state index in [1.807, 2.05) is 84.9 Å². The van der Waals surface area contributed by atoms with Crippen molar-refractivity contribution < 1.29 is 18.9 Å². The second-order valence-electron chi connectivity index (χ2n) is 10.7. The summed E-state index contributed by atoms with van der Waals surface area (Å²) in [5.41, 5.74) is 8.10. The molecule has 0 saturated heterocycles. The number of hydrogen-bond donors (Lipinski definition) is 0. The zero-order valence-corrected chi connectivity index (χ0v) is 26.1. The minimum atomic E-state index is 0.335. The maximum Gasteiger partial charge on any atom is 0.207 e. The van der Waals surface area contributed by atoms with Crippen LogP contribution >= 0.6 is 0 Å². The van der Waals surface area contributed by atoms with Gasteiger partial charge in [-0.3, -0.25) is 0 Å². The van der Waals surface area contributed by atoms with Gasteiger partial charge in [0.2, 0.25) is 11.5 Å². The van der Waals surface area contributed by atoms with Crippen molar-refractivity contribution in [1.29, 1.82) is 0 Å². The molecule has 0 amide bonds. The van der Waals surface area contributed by atoms with Gasteiger partial charge in [-0.1, -0.05) is 152 Å². The summed E-state index contributed by atoms with van der Waals surface area (Å²) in [7, 11) is 3.30. The monoisotopic (exact) mass is 604 g/mol. The van der Waals surface area contributed by atoms with Crippen LogP contribution in [0, 0.1) is 0 Å². The highest BCUT2D eigenvalue weighted by atomic mass is 16.5. The third-order valence-electron chi connectivity index (χ3n) is 7.73. The van der Waals surface area contributed by atoms with Crippen LogP contribution in [0.2, 0.25) is 0 Å². The summed E-state index contributed by atoms with van der Waals surface area (Å²) in [5, 5.41) is 0. The molecule has 0 aliphatic carbocycles. The fourth-order valence-electron chi connectivity index (χ4n) is 5.59. The Morgan fingerprint density at radius 3 is 1.24 bits per heavy atom. The van der Waals surface area contributed by atoms with Crippen LogP contribution in [0.1, 0.15) is 33.4 Å². The van der Waals surface area contributed by atoms with E-state index in [1.54, 1.807) is 14.2 Å². The van der Waals surface area contributed by atoms with Crippen LogP contribution in [0.3, 0.4) is 0 Å². The van der Waals surface area contributed by atoms with E-state index in [0.717, 1.165) is 44.5 Å². The van der Waals surface area contributed by atoms with Gasteiger partial charge in [-0.15, -0.1) is 0 Å².